The fourth-order valence-corrected chi connectivity index (χ4v) is 1.61. The Labute approximate surface area is 92.1 Å². The molecule has 3 heteroatoms. The van der Waals surface area contributed by atoms with Crippen LogP contribution >= 0.6 is 0 Å². The smallest absolute Gasteiger partial charge is 0.0492 e. The molecule has 1 N–H and O–H groups in total. The predicted molar refractivity (Wildman–Crippen MR) is 61.6 cm³/mol. The average Bonchev–Trinajstić information content (AvgIpc) is 2.60. The summed E-state index contributed by atoms with van der Waals surface area (Å²) in [6.07, 6.45) is 3.80. The fourth-order valence-electron chi connectivity index (χ4n) is 1.61. The van der Waals surface area contributed by atoms with Crippen molar-refractivity contribution in [3.8, 4) is 0 Å². The van der Waals surface area contributed by atoms with E-state index < -0.39 is 0 Å². The van der Waals surface area contributed by atoms with E-state index in [-0.39, 0.29) is 12.0 Å². The van der Waals surface area contributed by atoms with E-state index in [1.807, 2.05) is 24.0 Å². The molecule has 0 aromatic carbocycles. The zero-order chi connectivity index (χ0) is 11.5. The van der Waals surface area contributed by atoms with Gasteiger partial charge in [-0.1, -0.05) is 20.8 Å². The molecule has 3 nitrogen and oxygen atoms in total. The molecule has 0 radical (unpaired) electrons. The van der Waals surface area contributed by atoms with Gasteiger partial charge in [0.25, 0.3) is 0 Å². The van der Waals surface area contributed by atoms with Crippen molar-refractivity contribution in [3.63, 3.8) is 0 Å². The number of aromatic nitrogens is 2. The lowest BCUT2D eigenvalue weighted by molar-refractivity contribution is 0.0853. The van der Waals surface area contributed by atoms with Crippen molar-refractivity contribution >= 4 is 0 Å². The molecular weight excluding hydrogens is 188 g/mol. The Morgan fingerprint density at radius 3 is 2.60 bits per heavy atom. The molecule has 1 heterocycles. The Balaban J connectivity index is 2.59. The minimum atomic E-state index is 0.0181. The van der Waals surface area contributed by atoms with E-state index in [2.05, 4.69) is 25.9 Å². The van der Waals surface area contributed by atoms with E-state index in [1.165, 1.54) is 5.69 Å². The third-order valence-corrected chi connectivity index (χ3v) is 3.63. The molecule has 15 heavy (non-hydrogen) atoms. The summed E-state index contributed by atoms with van der Waals surface area (Å²) in [5.74, 6) is 0.496. The summed E-state index contributed by atoms with van der Waals surface area (Å²) in [5.41, 5.74) is 1.25. The topological polar surface area (TPSA) is 38.1 Å². The second-order valence-electron chi connectivity index (χ2n) is 4.91. The van der Waals surface area contributed by atoms with Crippen LogP contribution < -0.4 is 0 Å². The lowest BCUT2D eigenvalue weighted by Crippen LogP contribution is -2.28. The van der Waals surface area contributed by atoms with Crippen LogP contribution in [-0.2, 0) is 13.5 Å². The molecule has 0 aliphatic heterocycles. The largest absolute Gasteiger partial charge is 0.396 e. The molecule has 0 saturated heterocycles. The van der Waals surface area contributed by atoms with Crippen LogP contribution in [0.25, 0.3) is 0 Å². The first-order valence-electron chi connectivity index (χ1n) is 5.57. The van der Waals surface area contributed by atoms with Gasteiger partial charge < -0.3 is 5.11 Å². The number of hydrogen-bond donors (Lipinski definition) is 1. The SMILES string of the molecule is CC(C)C(C)(CO)CCc1ccnn1C. The number of hydrogen-bond acceptors (Lipinski definition) is 2. The molecule has 1 atom stereocenters. The van der Waals surface area contributed by atoms with Crippen molar-refractivity contribution in [2.75, 3.05) is 6.61 Å². The van der Waals surface area contributed by atoms with Crippen LogP contribution in [0.1, 0.15) is 32.9 Å². The maximum atomic E-state index is 9.43. The van der Waals surface area contributed by atoms with Crippen LogP contribution in [0.4, 0.5) is 0 Å². The molecule has 0 amide bonds. The number of aryl methyl sites for hydroxylation is 2. The summed E-state index contributed by atoms with van der Waals surface area (Å²) < 4.78 is 1.90. The number of aliphatic hydroxyl groups is 1. The second-order valence-corrected chi connectivity index (χ2v) is 4.91. The van der Waals surface area contributed by atoms with Gasteiger partial charge >= 0.3 is 0 Å². The zero-order valence-electron chi connectivity index (χ0n) is 10.2. The summed E-state index contributed by atoms with van der Waals surface area (Å²) in [4.78, 5) is 0. The van der Waals surface area contributed by atoms with Crippen LogP contribution in [0.2, 0.25) is 0 Å². The average molecular weight is 210 g/mol. The van der Waals surface area contributed by atoms with Gasteiger partial charge in [-0.05, 0) is 30.2 Å². The highest BCUT2D eigenvalue weighted by atomic mass is 16.3. The molecule has 0 fully saturated rings. The van der Waals surface area contributed by atoms with Crippen LogP contribution in [0, 0.1) is 11.3 Å². The summed E-state index contributed by atoms with van der Waals surface area (Å²) in [6, 6.07) is 2.04. The van der Waals surface area contributed by atoms with E-state index in [4.69, 9.17) is 0 Å². The molecule has 0 aliphatic rings. The Hall–Kier alpha value is -0.830. The van der Waals surface area contributed by atoms with Gasteiger partial charge in [0.15, 0.2) is 0 Å². The van der Waals surface area contributed by atoms with Crippen LogP contribution in [0.3, 0.4) is 0 Å². The molecule has 0 bridgehead atoms. The van der Waals surface area contributed by atoms with Crippen molar-refractivity contribution in [2.45, 2.75) is 33.6 Å². The van der Waals surface area contributed by atoms with E-state index in [0.717, 1.165) is 12.8 Å². The zero-order valence-corrected chi connectivity index (χ0v) is 10.2. The molecule has 0 saturated carbocycles. The van der Waals surface area contributed by atoms with Crippen molar-refractivity contribution in [2.24, 2.45) is 18.4 Å². The van der Waals surface area contributed by atoms with Gasteiger partial charge in [-0.25, -0.2) is 0 Å². The Kier molecular flexibility index (Phi) is 3.91. The first kappa shape index (κ1) is 12.2. The molecule has 1 aromatic rings. The van der Waals surface area contributed by atoms with Crippen molar-refractivity contribution in [1.29, 1.82) is 0 Å². The van der Waals surface area contributed by atoms with Crippen molar-refractivity contribution < 1.29 is 5.11 Å². The minimum Gasteiger partial charge on any atom is -0.396 e. The normalized spacial score (nSPS) is 15.6. The maximum absolute atomic E-state index is 9.43. The van der Waals surface area contributed by atoms with E-state index in [9.17, 15) is 5.11 Å². The summed E-state index contributed by atoms with van der Waals surface area (Å²) in [6.45, 7) is 6.73. The number of aliphatic hydroxyl groups excluding tert-OH is 1. The lowest BCUT2D eigenvalue weighted by Gasteiger charge is -2.31. The van der Waals surface area contributed by atoms with Gasteiger partial charge in [0, 0.05) is 25.5 Å². The monoisotopic (exact) mass is 210 g/mol. The van der Waals surface area contributed by atoms with Gasteiger partial charge in [0.2, 0.25) is 0 Å². The third-order valence-electron chi connectivity index (χ3n) is 3.63. The third kappa shape index (κ3) is 2.81. The second kappa shape index (κ2) is 4.79. The number of rotatable bonds is 5. The molecule has 1 rings (SSSR count). The van der Waals surface area contributed by atoms with E-state index >= 15 is 0 Å². The van der Waals surface area contributed by atoms with Gasteiger partial charge in [-0.2, -0.15) is 5.10 Å². The van der Waals surface area contributed by atoms with Crippen LogP contribution in [0.15, 0.2) is 12.3 Å². The maximum Gasteiger partial charge on any atom is 0.0492 e. The van der Waals surface area contributed by atoms with Crippen LogP contribution in [-0.4, -0.2) is 21.5 Å². The highest BCUT2D eigenvalue weighted by molar-refractivity contribution is 5.01. The molecule has 0 aliphatic carbocycles. The highest BCUT2D eigenvalue weighted by Gasteiger charge is 2.27. The first-order valence-corrected chi connectivity index (χ1v) is 5.57. The van der Waals surface area contributed by atoms with E-state index in [0.29, 0.717) is 5.92 Å². The summed E-state index contributed by atoms with van der Waals surface area (Å²) in [7, 11) is 1.96. The highest BCUT2D eigenvalue weighted by Crippen LogP contribution is 2.31. The van der Waals surface area contributed by atoms with Gasteiger partial charge in [-0.3, -0.25) is 4.68 Å². The van der Waals surface area contributed by atoms with Crippen molar-refractivity contribution in [3.05, 3.63) is 18.0 Å². The predicted octanol–water partition coefficient (Wildman–Crippen LogP) is 2.01. The van der Waals surface area contributed by atoms with Gasteiger partial charge in [0.05, 0.1) is 0 Å². The summed E-state index contributed by atoms with van der Waals surface area (Å²) >= 11 is 0. The van der Waals surface area contributed by atoms with E-state index in [1.54, 1.807) is 0 Å². The lowest BCUT2D eigenvalue weighted by atomic mass is 9.76. The van der Waals surface area contributed by atoms with Crippen LogP contribution in [0.5, 0.6) is 0 Å². The molecule has 86 valence electrons. The Morgan fingerprint density at radius 1 is 1.53 bits per heavy atom. The molecule has 1 unspecified atom stereocenters. The Morgan fingerprint density at radius 2 is 2.20 bits per heavy atom. The standard InChI is InChI=1S/C12H22N2O/c1-10(2)12(3,9-15)7-5-11-6-8-13-14(11)4/h6,8,10,15H,5,7,9H2,1-4H3. The fraction of sp³-hybridized carbons (Fsp3) is 0.750. The van der Waals surface area contributed by atoms with Gasteiger partial charge in [0.1, 0.15) is 0 Å². The Bertz CT molecular complexity index is 306. The minimum absolute atomic E-state index is 0.0181. The van der Waals surface area contributed by atoms with Crippen molar-refractivity contribution in [1.82, 2.24) is 9.78 Å². The van der Waals surface area contributed by atoms with Gasteiger partial charge in [-0.15, -0.1) is 0 Å². The number of nitrogens with zero attached hydrogens (tertiary/aromatic N) is 2. The first-order chi connectivity index (χ1) is 6.99. The molecule has 1 aromatic heterocycles. The summed E-state index contributed by atoms with van der Waals surface area (Å²) in [5, 5.41) is 13.6. The quantitative estimate of drug-likeness (QED) is 0.807. The molecule has 0 spiro atoms. The molecular formula is C12H22N2O.